The van der Waals surface area contributed by atoms with E-state index in [9.17, 15) is 9.59 Å². The second-order valence-electron chi connectivity index (χ2n) is 7.02. The van der Waals surface area contributed by atoms with Gasteiger partial charge >= 0.3 is 5.97 Å². The van der Waals surface area contributed by atoms with Crippen molar-refractivity contribution in [1.82, 2.24) is 0 Å². The van der Waals surface area contributed by atoms with Crippen molar-refractivity contribution in [3.63, 3.8) is 0 Å². The molecule has 3 nitrogen and oxygen atoms in total. The van der Waals surface area contributed by atoms with Crippen molar-refractivity contribution < 1.29 is 14.3 Å². The minimum Gasteiger partial charge on any atom is -0.465 e. The van der Waals surface area contributed by atoms with Gasteiger partial charge < -0.3 is 4.74 Å². The second-order valence-corrected chi connectivity index (χ2v) is 7.02. The van der Waals surface area contributed by atoms with Crippen molar-refractivity contribution in [2.75, 3.05) is 6.61 Å². The van der Waals surface area contributed by atoms with Crippen LogP contribution in [0.15, 0.2) is 18.2 Å². The summed E-state index contributed by atoms with van der Waals surface area (Å²) in [4.78, 5) is 22.9. The lowest BCUT2D eigenvalue weighted by Gasteiger charge is -2.21. The Morgan fingerprint density at radius 2 is 2.05 bits per heavy atom. The molecule has 1 saturated carbocycles. The summed E-state index contributed by atoms with van der Waals surface area (Å²) in [5.41, 5.74) is 4.06. The zero-order chi connectivity index (χ0) is 14.4. The molecule has 1 saturated heterocycles. The number of ketones is 1. The van der Waals surface area contributed by atoms with E-state index >= 15 is 0 Å². The molecule has 3 heteroatoms. The fourth-order valence-corrected chi connectivity index (χ4v) is 4.31. The van der Waals surface area contributed by atoms with Crippen molar-refractivity contribution in [2.45, 2.75) is 50.9 Å². The van der Waals surface area contributed by atoms with E-state index in [4.69, 9.17) is 4.74 Å². The largest absolute Gasteiger partial charge is 0.465 e. The zero-order valence-corrected chi connectivity index (χ0v) is 12.2. The van der Waals surface area contributed by atoms with Gasteiger partial charge in [0.25, 0.3) is 0 Å². The van der Waals surface area contributed by atoms with E-state index in [1.807, 2.05) is 0 Å². The van der Waals surface area contributed by atoms with E-state index in [-0.39, 0.29) is 11.4 Å². The average molecular weight is 284 g/mol. The van der Waals surface area contributed by atoms with Crippen LogP contribution in [0.3, 0.4) is 0 Å². The highest BCUT2D eigenvalue weighted by Crippen LogP contribution is 2.51. The Hall–Kier alpha value is -1.64. The van der Waals surface area contributed by atoms with E-state index < -0.39 is 0 Å². The number of benzene rings is 1. The van der Waals surface area contributed by atoms with Gasteiger partial charge in [0.05, 0.1) is 13.0 Å². The summed E-state index contributed by atoms with van der Waals surface area (Å²) in [6, 6.07) is 6.64. The number of rotatable bonds is 1. The molecule has 3 aliphatic rings. The maximum atomic E-state index is 11.5. The van der Waals surface area contributed by atoms with Gasteiger partial charge in [0.1, 0.15) is 5.78 Å². The van der Waals surface area contributed by atoms with Gasteiger partial charge in [-0.15, -0.1) is 0 Å². The molecule has 0 amide bonds. The van der Waals surface area contributed by atoms with Gasteiger partial charge in [0, 0.05) is 18.3 Å². The van der Waals surface area contributed by atoms with Gasteiger partial charge in [-0.3, -0.25) is 9.59 Å². The van der Waals surface area contributed by atoms with Crippen LogP contribution in [0.1, 0.15) is 54.7 Å². The number of esters is 1. The second kappa shape index (κ2) is 4.69. The smallest absolute Gasteiger partial charge is 0.306 e. The fourth-order valence-electron chi connectivity index (χ4n) is 4.31. The van der Waals surface area contributed by atoms with Crippen molar-refractivity contribution >= 4 is 11.8 Å². The summed E-state index contributed by atoms with van der Waals surface area (Å²) in [6.07, 6.45) is 6.09. The third-order valence-corrected chi connectivity index (χ3v) is 5.52. The van der Waals surface area contributed by atoms with Gasteiger partial charge in [-0.25, -0.2) is 0 Å². The number of hydrogen-bond donors (Lipinski definition) is 0. The van der Waals surface area contributed by atoms with Gasteiger partial charge in [-0.05, 0) is 48.3 Å². The fraction of sp³-hybridized carbons (Fsp3) is 0.556. The first-order chi connectivity index (χ1) is 10.1. The monoisotopic (exact) mass is 284 g/mol. The van der Waals surface area contributed by atoms with Gasteiger partial charge in [-0.2, -0.15) is 0 Å². The summed E-state index contributed by atoms with van der Waals surface area (Å²) in [5.74, 6) is 0.874. The summed E-state index contributed by atoms with van der Waals surface area (Å²) in [5, 5.41) is 0. The number of ether oxygens (including phenoxy) is 1. The molecule has 1 aromatic carbocycles. The number of aryl methyl sites for hydroxylation is 1. The van der Waals surface area contributed by atoms with E-state index in [0.29, 0.717) is 37.6 Å². The van der Waals surface area contributed by atoms with E-state index in [1.165, 1.54) is 16.7 Å². The summed E-state index contributed by atoms with van der Waals surface area (Å²) < 4.78 is 5.20. The molecule has 2 fully saturated rings. The van der Waals surface area contributed by atoms with Crippen LogP contribution in [0.25, 0.3) is 0 Å². The predicted octanol–water partition coefficient (Wildman–Crippen LogP) is 2.95. The number of fused-ring (bicyclic) bond motifs is 1. The Morgan fingerprint density at radius 1 is 1.14 bits per heavy atom. The predicted molar refractivity (Wildman–Crippen MR) is 78.1 cm³/mol. The van der Waals surface area contributed by atoms with Crippen LogP contribution in [-0.4, -0.2) is 18.4 Å². The lowest BCUT2D eigenvalue weighted by molar-refractivity contribution is -0.138. The lowest BCUT2D eigenvalue weighted by atomic mass is 9.82. The molecule has 2 aliphatic carbocycles. The van der Waals surface area contributed by atoms with Crippen LogP contribution in [0.5, 0.6) is 0 Å². The van der Waals surface area contributed by atoms with Gasteiger partial charge in [-0.1, -0.05) is 18.2 Å². The molecule has 0 aromatic heterocycles. The van der Waals surface area contributed by atoms with E-state index in [2.05, 4.69) is 18.2 Å². The molecule has 0 bridgehead atoms. The minimum atomic E-state index is -0.0281. The average Bonchev–Trinajstić information content (AvgIpc) is 3.05. The first-order valence-electron chi connectivity index (χ1n) is 7.93. The van der Waals surface area contributed by atoms with Crippen molar-refractivity contribution in [2.24, 2.45) is 5.41 Å². The van der Waals surface area contributed by atoms with Crippen molar-refractivity contribution in [3.05, 3.63) is 34.9 Å². The van der Waals surface area contributed by atoms with Crippen LogP contribution in [0.4, 0.5) is 0 Å². The summed E-state index contributed by atoms with van der Waals surface area (Å²) in [7, 11) is 0. The van der Waals surface area contributed by atoms with E-state index in [1.54, 1.807) is 0 Å². The molecule has 0 N–H and O–H groups in total. The maximum Gasteiger partial charge on any atom is 0.306 e. The van der Waals surface area contributed by atoms with Crippen LogP contribution in [-0.2, 0) is 27.2 Å². The van der Waals surface area contributed by atoms with Crippen LogP contribution in [0, 0.1) is 5.41 Å². The Bertz CT molecular complexity index is 619. The molecule has 2 atom stereocenters. The van der Waals surface area contributed by atoms with Crippen LogP contribution < -0.4 is 0 Å². The molecule has 1 spiro atoms. The highest BCUT2D eigenvalue weighted by molar-refractivity contribution is 5.83. The topological polar surface area (TPSA) is 43.4 Å². The SMILES string of the molecule is O=C1CCc2cc([C@H]3CC[C@]4(COC(=O)C4)C3)ccc2C1. The molecule has 0 unspecified atom stereocenters. The van der Waals surface area contributed by atoms with Crippen molar-refractivity contribution in [3.8, 4) is 0 Å². The first-order valence-corrected chi connectivity index (χ1v) is 7.93. The Labute approximate surface area is 124 Å². The summed E-state index contributed by atoms with van der Waals surface area (Å²) in [6.45, 7) is 0.613. The molecule has 1 heterocycles. The lowest BCUT2D eigenvalue weighted by Crippen LogP contribution is -2.16. The summed E-state index contributed by atoms with van der Waals surface area (Å²) >= 11 is 0. The normalized spacial score (nSPS) is 31.5. The van der Waals surface area contributed by atoms with Crippen molar-refractivity contribution in [1.29, 1.82) is 0 Å². The van der Waals surface area contributed by atoms with Crippen LogP contribution >= 0.6 is 0 Å². The molecule has 110 valence electrons. The number of cyclic esters (lactones) is 1. The van der Waals surface area contributed by atoms with Crippen LogP contribution in [0.2, 0.25) is 0 Å². The third-order valence-electron chi connectivity index (χ3n) is 5.52. The number of carbonyl (C=O) groups is 2. The highest BCUT2D eigenvalue weighted by Gasteiger charge is 2.46. The quantitative estimate of drug-likeness (QED) is 0.745. The Morgan fingerprint density at radius 3 is 2.86 bits per heavy atom. The minimum absolute atomic E-state index is 0.0281. The third kappa shape index (κ3) is 2.29. The zero-order valence-electron chi connectivity index (χ0n) is 12.2. The first kappa shape index (κ1) is 13.1. The molecule has 4 rings (SSSR count). The van der Waals surface area contributed by atoms with Gasteiger partial charge in [0.15, 0.2) is 0 Å². The molecular formula is C18H20O3. The molecule has 0 radical (unpaired) electrons. The molecule has 1 aromatic rings. The maximum absolute atomic E-state index is 11.5. The Kier molecular flexibility index (Phi) is 2.91. The Balaban J connectivity index is 1.55. The molecule has 1 aliphatic heterocycles. The highest BCUT2D eigenvalue weighted by atomic mass is 16.5. The van der Waals surface area contributed by atoms with E-state index in [0.717, 1.165) is 25.7 Å². The number of Topliss-reactive ketones (excluding diaryl/α,β-unsaturated/α-hetero) is 1. The number of carbonyl (C=O) groups excluding carboxylic acids is 2. The molecular weight excluding hydrogens is 264 g/mol. The molecule has 21 heavy (non-hydrogen) atoms. The van der Waals surface area contributed by atoms with Gasteiger partial charge in [0.2, 0.25) is 0 Å². The number of hydrogen-bond acceptors (Lipinski definition) is 3. The standard InChI is InChI=1S/C18H20O3/c19-16-4-3-12-7-13(1-2-14(12)8-16)15-5-6-18(9-15)10-17(20)21-11-18/h1-2,7,15H,3-6,8-11H2/t15-,18-/m0/s1.